The first-order valence-electron chi connectivity index (χ1n) is 7.33. The van der Waals surface area contributed by atoms with Crippen LogP contribution in [0.5, 0.6) is 0 Å². The molecule has 7 nitrogen and oxygen atoms in total. The number of thiazole rings is 1. The second-order valence-corrected chi connectivity index (χ2v) is 6.74. The van der Waals surface area contributed by atoms with E-state index in [-0.39, 0.29) is 5.91 Å². The number of nitrogen functional groups attached to an aromatic ring is 1. The van der Waals surface area contributed by atoms with Gasteiger partial charge in [0.1, 0.15) is 5.52 Å². The van der Waals surface area contributed by atoms with Crippen molar-refractivity contribution in [3.8, 4) is 0 Å². The fraction of sp³-hybridized carbons (Fsp3) is 0.267. The highest BCUT2D eigenvalue weighted by atomic mass is 32.1. The molecule has 0 saturated heterocycles. The van der Waals surface area contributed by atoms with E-state index in [1.165, 1.54) is 16.2 Å². The molecule has 0 aliphatic carbocycles. The van der Waals surface area contributed by atoms with Gasteiger partial charge in [-0.3, -0.25) is 10.1 Å². The van der Waals surface area contributed by atoms with Gasteiger partial charge in [-0.05, 0) is 19.2 Å². The van der Waals surface area contributed by atoms with E-state index in [4.69, 9.17) is 5.73 Å². The van der Waals surface area contributed by atoms with Crippen molar-refractivity contribution in [2.75, 3.05) is 24.6 Å². The van der Waals surface area contributed by atoms with Crippen LogP contribution in [0.2, 0.25) is 0 Å². The number of nitrogens with two attached hydrogens (primary N) is 1. The van der Waals surface area contributed by atoms with Crippen molar-refractivity contribution in [2.24, 2.45) is 0 Å². The molecule has 1 aromatic carbocycles. The topological polar surface area (TPSA) is 99.9 Å². The first kappa shape index (κ1) is 14.2. The average molecular weight is 328 g/mol. The van der Waals surface area contributed by atoms with E-state index in [0.29, 0.717) is 22.2 Å². The summed E-state index contributed by atoms with van der Waals surface area (Å²) in [5, 5.41) is 3.52. The molecule has 0 saturated carbocycles. The van der Waals surface area contributed by atoms with Gasteiger partial charge in [-0.15, -0.1) is 11.3 Å². The van der Waals surface area contributed by atoms with E-state index in [0.717, 1.165) is 30.7 Å². The zero-order valence-corrected chi connectivity index (χ0v) is 13.4. The molecular weight excluding hydrogens is 312 g/mol. The highest BCUT2D eigenvalue weighted by Gasteiger charge is 2.20. The number of aromatic nitrogens is 3. The third-order valence-corrected chi connectivity index (χ3v) is 4.92. The van der Waals surface area contributed by atoms with Gasteiger partial charge in [0.25, 0.3) is 5.91 Å². The number of hydrogen-bond acceptors (Lipinski definition) is 6. The fourth-order valence-electron chi connectivity index (χ4n) is 2.78. The third kappa shape index (κ3) is 2.55. The molecule has 8 heteroatoms. The summed E-state index contributed by atoms with van der Waals surface area (Å²) in [6.07, 6.45) is 0.920. The van der Waals surface area contributed by atoms with E-state index >= 15 is 0 Å². The average Bonchev–Trinajstić information content (AvgIpc) is 3.07. The largest absolute Gasteiger partial charge is 0.369 e. The predicted octanol–water partition coefficient (Wildman–Crippen LogP) is 1.84. The summed E-state index contributed by atoms with van der Waals surface area (Å²) >= 11 is 1.54. The van der Waals surface area contributed by atoms with Crippen LogP contribution in [0.4, 0.5) is 11.1 Å². The first-order chi connectivity index (χ1) is 11.1. The number of fused-ring (bicyclic) bond motifs is 2. The predicted molar refractivity (Wildman–Crippen MR) is 90.6 cm³/mol. The van der Waals surface area contributed by atoms with Crippen LogP contribution in [0.3, 0.4) is 0 Å². The molecule has 0 unspecified atom stereocenters. The number of carbonyl (C=O) groups is 1. The van der Waals surface area contributed by atoms with Crippen molar-refractivity contribution in [1.82, 2.24) is 19.9 Å². The Kier molecular flexibility index (Phi) is 3.28. The van der Waals surface area contributed by atoms with Gasteiger partial charge in [0.2, 0.25) is 0 Å². The molecule has 118 valence electrons. The van der Waals surface area contributed by atoms with Gasteiger partial charge in [0.15, 0.2) is 11.1 Å². The molecule has 3 heterocycles. The van der Waals surface area contributed by atoms with E-state index in [2.05, 4.69) is 32.2 Å². The highest BCUT2D eigenvalue weighted by molar-refractivity contribution is 7.15. The number of carbonyl (C=O) groups excluding carboxylic acids is 1. The number of aromatic amines is 1. The number of rotatable bonds is 2. The summed E-state index contributed by atoms with van der Waals surface area (Å²) in [4.78, 5) is 27.7. The van der Waals surface area contributed by atoms with Crippen molar-refractivity contribution >= 4 is 39.4 Å². The maximum absolute atomic E-state index is 12.6. The lowest BCUT2D eigenvalue weighted by Crippen LogP contribution is -2.25. The lowest BCUT2D eigenvalue weighted by atomic mass is 10.2. The molecule has 1 aliphatic heterocycles. The SMILES string of the molecule is CN1CCc2nc(NC(=O)c3cccc4[nH]c(N)nc34)sc2C1. The maximum atomic E-state index is 12.6. The Labute approximate surface area is 136 Å². The standard InChI is InChI=1S/C15H16N6OS/c1-21-6-5-9-11(7-21)23-15(18-9)20-13(22)8-3-2-4-10-12(8)19-14(16)17-10/h2-4H,5-7H2,1H3,(H3,16,17,19)(H,18,20,22). The van der Waals surface area contributed by atoms with Crippen molar-refractivity contribution in [3.05, 3.63) is 34.3 Å². The van der Waals surface area contributed by atoms with Gasteiger partial charge >= 0.3 is 0 Å². The minimum atomic E-state index is -0.221. The van der Waals surface area contributed by atoms with Crippen LogP contribution in [-0.2, 0) is 13.0 Å². The molecule has 0 radical (unpaired) electrons. The fourth-order valence-corrected chi connectivity index (χ4v) is 3.86. The molecule has 1 amide bonds. The number of hydrogen-bond donors (Lipinski definition) is 3. The number of benzene rings is 1. The van der Waals surface area contributed by atoms with Gasteiger partial charge in [0.05, 0.1) is 16.8 Å². The lowest BCUT2D eigenvalue weighted by Gasteiger charge is -2.20. The molecule has 0 spiro atoms. The van der Waals surface area contributed by atoms with Gasteiger partial charge in [-0.25, -0.2) is 9.97 Å². The summed E-state index contributed by atoms with van der Waals surface area (Å²) in [5.74, 6) is 0.0783. The number of imidazole rings is 1. The number of amides is 1. The Morgan fingerprint density at radius 2 is 2.30 bits per heavy atom. The van der Waals surface area contributed by atoms with Gasteiger partial charge < -0.3 is 15.6 Å². The van der Waals surface area contributed by atoms with Crippen LogP contribution in [0.25, 0.3) is 11.0 Å². The monoisotopic (exact) mass is 328 g/mol. The van der Waals surface area contributed by atoms with Crippen molar-refractivity contribution in [3.63, 3.8) is 0 Å². The molecule has 3 aromatic rings. The number of likely N-dealkylation sites (N-methyl/N-ethyl adjacent to an activating group) is 1. The van der Waals surface area contributed by atoms with Gasteiger partial charge in [-0.1, -0.05) is 6.07 Å². The summed E-state index contributed by atoms with van der Waals surface area (Å²) in [6.45, 7) is 1.88. The number of nitrogens with zero attached hydrogens (tertiary/aromatic N) is 3. The smallest absolute Gasteiger partial charge is 0.259 e. The molecule has 0 fully saturated rings. The Bertz CT molecular complexity index is 899. The van der Waals surface area contributed by atoms with Crippen molar-refractivity contribution in [1.29, 1.82) is 0 Å². The minimum absolute atomic E-state index is 0.221. The zero-order valence-electron chi connectivity index (χ0n) is 12.6. The summed E-state index contributed by atoms with van der Waals surface area (Å²) < 4.78 is 0. The first-order valence-corrected chi connectivity index (χ1v) is 8.14. The molecule has 0 bridgehead atoms. The van der Waals surface area contributed by atoms with Crippen molar-refractivity contribution < 1.29 is 4.79 Å². The summed E-state index contributed by atoms with van der Waals surface area (Å²) in [5.41, 5.74) is 8.57. The number of H-pyrrole nitrogens is 1. The second kappa shape index (κ2) is 5.32. The Morgan fingerprint density at radius 3 is 3.17 bits per heavy atom. The van der Waals surface area contributed by atoms with Crippen LogP contribution in [0.1, 0.15) is 20.9 Å². The Hall–Kier alpha value is -2.45. The van der Waals surface area contributed by atoms with E-state index < -0.39 is 0 Å². The van der Waals surface area contributed by atoms with Crippen LogP contribution in [-0.4, -0.2) is 39.4 Å². The van der Waals surface area contributed by atoms with Crippen molar-refractivity contribution in [2.45, 2.75) is 13.0 Å². The minimum Gasteiger partial charge on any atom is -0.369 e. The van der Waals surface area contributed by atoms with Crippen LogP contribution < -0.4 is 11.1 Å². The maximum Gasteiger partial charge on any atom is 0.259 e. The molecule has 1 aliphatic rings. The number of anilines is 2. The summed E-state index contributed by atoms with van der Waals surface area (Å²) in [6, 6.07) is 5.38. The summed E-state index contributed by atoms with van der Waals surface area (Å²) in [7, 11) is 2.09. The highest BCUT2D eigenvalue weighted by Crippen LogP contribution is 2.28. The molecular formula is C15H16N6OS. The van der Waals surface area contributed by atoms with E-state index in [1.807, 2.05) is 6.07 Å². The normalized spacial score (nSPS) is 14.8. The Balaban J connectivity index is 1.62. The quantitative estimate of drug-likeness (QED) is 0.666. The van der Waals surface area contributed by atoms with Crippen LogP contribution >= 0.6 is 11.3 Å². The molecule has 4 rings (SSSR count). The van der Waals surface area contributed by atoms with Gasteiger partial charge in [-0.2, -0.15) is 0 Å². The third-order valence-electron chi connectivity index (χ3n) is 3.92. The lowest BCUT2D eigenvalue weighted by molar-refractivity contribution is 0.102. The molecule has 4 N–H and O–H groups in total. The van der Waals surface area contributed by atoms with E-state index in [1.54, 1.807) is 12.1 Å². The zero-order chi connectivity index (χ0) is 16.0. The van der Waals surface area contributed by atoms with Crippen LogP contribution in [0.15, 0.2) is 18.2 Å². The number of para-hydroxylation sites is 1. The van der Waals surface area contributed by atoms with E-state index in [9.17, 15) is 4.79 Å². The Morgan fingerprint density at radius 1 is 1.43 bits per heavy atom. The van der Waals surface area contributed by atoms with Crippen LogP contribution in [0, 0.1) is 0 Å². The molecule has 23 heavy (non-hydrogen) atoms. The molecule has 0 atom stereocenters. The van der Waals surface area contributed by atoms with Gasteiger partial charge in [0, 0.05) is 24.4 Å². The second-order valence-electron chi connectivity index (χ2n) is 5.65. The molecule has 2 aromatic heterocycles. The number of nitrogens with one attached hydrogen (secondary N) is 2.